The molecule has 3 aromatic rings. The highest BCUT2D eigenvalue weighted by atomic mass is 35.5. The first-order valence-corrected chi connectivity index (χ1v) is 10.6. The van der Waals surface area contributed by atoms with Crippen molar-refractivity contribution >= 4 is 34.3 Å². The number of aryl methyl sites for hydroxylation is 2. The maximum absolute atomic E-state index is 12.3. The number of aromatic amines is 1. The summed E-state index contributed by atoms with van der Waals surface area (Å²) in [4.78, 5) is 29.1. The highest BCUT2D eigenvalue weighted by molar-refractivity contribution is 6.35. The number of carbonyl (C=O) groups excluding carboxylic acids is 2. The lowest BCUT2D eigenvalue weighted by molar-refractivity contribution is -0.126. The van der Waals surface area contributed by atoms with Gasteiger partial charge in [0, 0.05) is 34.8 Å². The fourth-order valence-electron chi connectivity index (χ4n) is 4.48. The first kappa shape index (κ1) is 21.0. The molecule has 4 rings (SSSR count). The van der Waals surface area contributed by atoms with Gasteiger partial charge in [-0.2, -0.15) is 0 Å². The summed E-state index contributed by atoms with van der Waals surface area (Å²) in [7, 11) is 0. The van der Waals surface area contributed by atoms with Gasteiger partial charge in [-0.05, 0) is 67.0 Å². The zero-order valence-electron chi connectivity index (χ0n) is 17.9. The van der Waals surface area contributed by atoms with Gasteiger partial charge in [-0.3, -0.25) is 9.59 Å². The van der Waals surface area contributed by atoms with E-state index in [0.29, 0.717) is 18.1 Å². The molecule has 1 aromatic heterocycles. The second-order valence-electron chi connectivity index (χ2n) is 7.96. The van der Waals surface area contributed by atoms with Crippen LogP contribution < -0.4 is 5.73 Å². The summed E-state index contributed by atoms with van der Waals surface area (Å²) in [6.45, 7) is 6.89. The summed E-state index contributed by atoms with van der Waals surface area (Å²) in [6, 6.07) is 7.98. The molecule has 0 spiro atoms. The summed E-state index contributed by atoms with van der Waals surface area (Å²) in [5, 5.41) is 1.61. The van der Waals surface area contributed by atoms with Crippen LogP contribution in [0.2, 0.25) is 5.02 Å². The minimum Gasteiger partial charge on any atom is -0.369 e. The number of nitrogens with zero attached hydrogens (tertiary/aromatic N) is 1. The lowest BCUT2D eigenvalue weighted by Crippen LogP contribution is -2.35. The minimum absolute atomic E-state index is 0.123. The Morgan fingerprint density at radius 2 is 2.06 bits per heavy atom. The fourth-order valence-corrected chi connectivity index (χ4v) is 4.81. The van der Waals surface area contributed by atoms with Crippen LogP contribution in [-0.2, 0) is 29.0 Å². The number of hydrogen-bond acceptors (Lipinski definition) is 2. The van der Waals surface area contributed by atoms with E-state index in [1.54, 1.807) is 11.8 Å². The predicted octanol–water partition coefficient (Wildman–Crippen LogP) is 4.04. The number of fused-ring (bicyclic) bond motifs is 2. The first-order valence-electron chi connectivity index (χ1n) is 10.2. The molecule has 0 saturated heterocycles. The third kappa shape index (κ3) is 3.68. The van der Waals surface area contributed by atoms with Crippen LogP contribution in [0.1, 0.15) is 34.9 Å². The molecule has 1 aliphatic heterocycles. The van der Waals surface area contributed by atoms with Gasteiger partial charge in [0.15, 0.2) is 0 Å². The maximum atomic E-state index is 12.3. The summed E-state index contributed by atoms with van der Waals surface area (Å²) in [6.07, 6.45) is 0.851. The Morgan fingerprint density at radius 1 is 1.29 bits per heavy atom. The molecule has 158 valence electrons. The quantitative estimate of drug-likeness (QED) is 0.611. The second kappa shape index (κ2) is 8.13. The van der Waals surface area contributed by atoms with Crippen LogP contribution >= 0.6 is 11.6 Å². The van der Waals surface area contributed by atoms with Gasteiger partial charge in [-0.15, -0.1) is 0 Å². The summed E-state index contributed by atoms with van der Waals surface area (Å²) >= 11 is 6.82. The van der Waals surface area contributed by atoms with Crippen molar-refractivity contribution in [2.24, 2.45) is 5.73 Å². The van der Waals surface area contributed by atoms with Gasteiger partial charge in [0.05, 0.1) is 11.9 Å². The molecule has 2 aromatic carbocycles. The Labute approximate surface area is 186 Å². The molecule has 0 bridgehead atoms. The SMILES string of the molecule is CC#CC(=O)N1CCc2c(cccc2-c2c(Cl)cc(CC(N)=O)c3[nH]c(C)c(C)c23)C1. The van der Waals surface area contributed by atoms with Crippen molar-refractivity contribution in [3.05, 3.63) is 57.2 Å². The number of nitrogens with two attached hydrogens (primary N) is 1. The number of aromatic nitrogens is 1. The number of amides is 2. The van der Waals surface area contributed by atoms with Gasteiger partial charge in [0.1, 0.15) is 0 Å². The van der Waals surface area contributed by atoms with Crippen molar-refractivity contribution < 1.29 is 9.59 Å². The van der Waals surface area contributed by atoms with E-state index in [1.807, 2.05) is 19.1 Å². The van der Waals surface area contributed by atoms with Crippen LogP contribution in [0.25, 0.3) is 22.0 Å². The number of carbonyl (C=O) groups is 2. The van der Waals surface area contributed by atoms with E-state index in [9.17, 15) is 9.59 Å². The number of rotatable bonds is 3. The van der Waals surface area contributed by atoms with Crippen molar-refractivity contribution in [1.82, 2.24) is 9.88 Å². The second-order valence-corrected chi connectivity index (χ2v) is 8.36. The van der Waals surface area contributed by atoms with Crippen LogP contribution in [0, 0.1) is 25.7 Å². The summed E-state index contributed by atoms with van der Waals surface area (Å²) < 4.78 is 0. The van der Waals surface area contributed by atoms with Crippen molar-refractivity contribution in [2.75, 3.05) is 6.54 Å². The molecule has 0 atom stereocenters. The summed E-state index contributed by atoms with van der Waals surface area (Å²) in [5.74, 6) is 4.77. The van der Waals surface area contributed by atoms with Crippen molar-refractivity contribution in [3.63, 3.8) is 0 Å². The monoisotopic (exact) mass is 433 g/mol. The van der Waals surface area contributed by atoms with Crippen molar-refractivity contribution in [2.45, 2.75) is 40.2 Å². The standard InChI is InChI=1S/C25H24ClN3O2/c1-4-6-22(31)29-10-9-18-16(13-29)7-5-8-19(18)24-20(26)11-17(12-21(27)30)25-23(24)14(2)15(3)28-25/h5,7-8,11,28H,9-10,12-13H2,1-3H3,(H2,27,30). The topological polar surface area (TPSA) is 79.2 Å². The average molecular weight is 434 g/mol. The normalized spacial score (nSPS) is 13.0. The number of primary amides is 1. The lowest BCUT2D eigenvalue weighted by Gasteiger charge is -2.29. The Balaban J connectivity index is 1.90. The zero-order chi connectivity index (χ0) is 22.3. The number of halogens is 1. The van der Waals surface area contributed by atoms with Crippen LogP contribution in [0.3, 0.4) is 0 Å². The van der Waals surface area contributed by atoms with Crippen LogP contribution in [0.4, 0.5) is 0 Å². The molecule has 0 radical (unpaired) electrons. The number of H-pyrrole nitrogens is 1. The highest BCUT2D eigenvalue weighted by Crippen LogP contribution is 2.42. The number of nitrogens with one attached hydrogen (secondary N) is 1. The fraction of sp³-hybridized carbons (Fsp3) is 0.280. The van der Waals surface area contributed by atoms with Gasteiger partial charge in [0.25, 0.3) is 5.91 Å². The first-order chi connectivity index (χ1) is 14.8. The molecule has 0 unspecified atom stereocenters. The molecule has 0 fully saturated rings. The third-order valence-corrected chi connectivity index (χ3v) is 6.33. The van der Waals surface area contributed by atoms with Crippen LogP contribution in [0.15, 0.2) is 24.3 Å². The molecular formula is C25H24ClN3O2. The summed E-state index contributed by atoms with van der Waals surface area (Å²) in [5.41, 5.74) is 13.6. The van der Waals surface area contributed by atoms with Gasteiger partial charge >= 0.3 is 0 Å². The minimum atomic E-state index is -0.396. The average Bonchev–Trinajstić information content (AvgIpc) is 3.02. The highest BCUT2D eigenvalue weighted by Gasteiger charge is 2.25. The molecule has 1 aliphatic rings. The maximum Gasteiger partial charge on any atom is 0.298 e. The van der Waals surface area contributed by atoms with Gasteiger partial charge in [0.2, 0.25) is 5.91 Å². The molecule has 5 nitrogen and oxygen atoms in total. The molecule has 0 saturated carbocycles. The largest absolute Gasteiger partial charge is 0.369 e. The lowest BCUT2D eigenvalue weighted by atomic mass is 9.87. The van der Waals surface area contributed by atoms with Crippen LogP contribution in [0.5, 0.6) is 0 Å². The van der Waals surface area contributed by atoms with E-state index in [0.717, 1.165) is 50.8 Å². The van der Waals surface area contributed by atoms with E-state index in [1.165, 1.54) is 5.56 Å². The van der Waals surface area contributed by atoms with Gasteiger partial charge in [-0.25, -0.2) is 0 Å². The Kier molecular flexibility index (Phi) is 5.51. The smallest absolute Gasteiger partial charge is 0.298 e. The predicted molar refractivity (Wildman–Crippen MR) is 124 cm³/mol. The molecule has 2 amide bonds. The van der Waals surface area contributed by atoms with E-state index in [2.05, 4.69) is 35.9 Å². The van der Waals surface area contributed by atoms with Crippen molar-refractivity contribution in [1.29, 1.82) is 0 Å². The van der Waals surface area contributed by atoms with Gasteiger partial charge < -0.3 is 15.6 Å². The van der Waals surface area contributed by atoms with E-state index in [4.69, 9.17) is 17.3 Å². The van der Waals surface area contributed by atoms with E-state index < -0.39 is 5.91 Å². The molecular weight excluding hydrogens is 410 g/mol. The van der Waals surface area contributed by atoms with Crippen molar-refractivity contribution in [3.8, 4) is 23.0 Å². The molecule has 6 heteroatoms. The Morgan fingerprint density at radius 3 is 2.77 bits per heavy atom. The van der Waals surface area contributed by atoms with E-state index >= 15 is 0 Å². The molecule has 31 heavy (non-hydrogen) atoms. The Bertz CT molecular complexity index is 1290. The molecule has 3 N–H and O–H groups in total. The third-order valence-electron chi connectivity index (χ3n) is 6.03. The zero-order valence-corrected chi connectivity index (χ0v) is 18.6. The molecule has 2 heterocycles. The number of benzene rings is 2. The van der Waals surface area contributed by atoms with E-state index in [-0.39, 0.29) is 12.3 Å². The van der Waals surface area contributed by atoms with Gasteiger partial charge in [-0.1, -0.05) is 35.7 Å². The van der Waals surface area contributed by atoms with Crippen LogP contribution in [-0.4, -0.2) is 28.2 Å². The molecule has 0 aliphatic carbocycles. The number of hydrogen-bond donors (Lipinski definition) is 2. The Hall–Kier alpha value is -3.23.